The second-order valence-corrected chi connectivity index (χ2v) is 3.52. The van der Waals surface area contributed by atoms with Crippen LogP contribution in [0, 0.1) is 5.82 Å². The number of nitrogens with one attached hydrogen (secondary N) is 1. The van der Waals surface area contributed by atoms with E-state index in [0.717, 1.165) is 19.4 Å². The van der Waals surface area contributed by atoms with E-state index in [2.05, 4.69) is 5.32 Å². The zero-order valence-electron chi connectivity index (χ0n) is 8.20. The molecule has 3 nitrogen and oxygen atoms in total. The molecule has 1 aromatic rings. The SMILES string of the molecule is O=C(Oc1ccc(F)cc1)C1CCCN1. The van der Waals surface area contributed by atoms with E-state index in [1.807, 2.05) is 0 Å². The molecule has 15 heavy (non-hydrogen) atoms. The molecule has 80 valence electrons. The number of halogens is 1. The summed E-state index contributed by atoms with van der Waals surface area (Å²) in [5.41, 5.74) is 0. The second-order valence-electron chi connectivity index (χ2n) is 3.52. The molecule has 1 saturated heterocycles. The average molecular weight is 209 g/mol. The van der Waals surface area contributed by atoms with Crippen LogP contribution in [0.3, 0.4) is 0 Å². The normalized spacial score (nSPS) is 20.2. The van der Waals surface area contributed by atoms with Gasteiger partial charge in [-0.25, -0.2) is 9.18 Å². The molecule has 0 spiro atoms. The van der Waals surface area contributed by atoms with Gasteiger partial charge in [-0.1, -0.05) is 0 Å². The molecule has 2 rings (SSSR count). The Morgan fingerprint density at radius 1 is 1.40 bits per heavy atom. The first-order valence-electron chi connectivity index (χ1n) is 4.96. The smallest absolute Gasteiger partial charge is 0.328 e. The van der Waals surface area contributed by atoms with Crippen molar-refractivity contribution < 1.29 is 13.9 Å². The largest absolute Gasteiger partial charge is 0.425 e. The highest BCUT2D eigenvalue weighted by Gasteiger charge is 2.23. The highest BCUT2D eigenvalue weighted by atomic mass is 19.1. The molecule has 1 fully saturated rings. The molecule has 1 aliphatic heterocycles. The standard InChI is InChI=1S/C11H12FNO2/c12-8-3-5-9(6-4-8)15-11(14)10-2-1-7-13-10/h3-6,10,13H,1-2,7H2. The van der Waals surface area contributed by atoms with Crippen LogP contribution < -0.4 is 10.1 Å². The summed E-state index contributed by atoms with van der Waals surface area (Å²) < 4.78 is 17.7. The van der Waals surface area contributed by atoms with Gasteiger partial charge >= 0.3 is 5.97 Å². The van der Waals surface area contributed by atoms with Crippen LogP contribution in [0.2, 0.25) is 0 Å². The predicted molar refractivity (Wildman–Crippen MR) is 53.1 cm³/mol. The van der Waals surface area contributed by atoms with E-state index in [4.69, 9.17) is 4.74 Å². The number of carbonyl (C=O) groups excluding carboxylic acids is 1. The number of esters is 1. The van der Waals surface area contributed by atoms with E-state index < -0.39 is 0 Å². The van der Waals surface area contributed by atoms with Gasteiger partial charge in [0.05, 0.1) is 0 Å². The maximum Gasteiger partial charge on any atom is 0.328 e. The molecule has 0 saturated carbocycles. The van der Waals surface area contributed by atoms with Gasteiger partial charge in [0.25, 0.3) is 0 Å². The minimum atomic E-state index is -0.339. The van der Waals surface area contributed by atoms with Crippen molar-refractivity contribution >= 4 is 5.97 Å². The lowest BCUT2D eigenvalue weighted by molar-refractivity contribution is -0.136. The van der Waals surface area contributed by atoms with Crippen LogP contribution in [-0.4, -0.2) is 18.6 Å². The van der Waals surface area contributed by atoms with Crippen molar-refractivity contribution in [2.24, 2.45) is 0 Å². The van der Waals surface area contributed by atoms with E-state index in [1.54, 1.807) is 0 Å². The summed E-state index contributed by atoms with van der Waals surface area (Å²) in [4.78, 5) is 11.5. The third kappa shape index (κ3) is 2.53. The molecule has 0 aliphatic carbocycles. The quantitative estimate of drug-likeness (QED) is 0.592. The van der Waals surface area contributed by atoms with Gasteiger partial charge in [-0.15, -0.1) is 0 Å². The van der Waals surface area contributed by atoms with E-state index in [0.29, 0.717) is 5.75 Å². The van der Waals surface area contributed by atoms with Gasteiger partial charge in [0.15, 0.2) is 0 Å². The van der Waals surface area contributed by atoms with Crippen LogP contribution in [0.15, 0.2) is 24.3 Å². The Morgan fingerprint density at radius 2 is 2.13 bits per heavy atom. The van der Waals surface area contributed by atoms with Gasteiger partial charge < -0.3 is 10.1 Å². The minimum absolute atomic E-state index is 0.213. The molecule has 0 bridgehead atoms. The zero-order valence-corrected chi connectivity index (χ0v) is 8.20. The van der Waals surface area contributed by atoms with E-state index >= 15 is 0 Å². The number of hydrogen-bond donors (Lipinski definition) is 1. The molecular weight excluding hydrogens is 197 g/mol. The number of benzene rings is 1. The van der Waals surface area contributed by atoms with E-state index in [-0.39, 0.29) is 17.8 Å². The van der Waals surface area contributed by atoms with Crippen LogP contribution in [0.25, 0.3) is 0 Å². The van der Waals surface area contributed by atoms with Gasteiger partial charge in [0.2, 0.25) is 0 Å². The van der Waals surface area contributed by atoms with E-state index in [1.165, 1.54) is 24.3 Å². The third-order valence-electron chi connectivity index (χ3n) is 2.38. The van der Waals surface area contributed by atoms with Crippen LogP contribution >= 0.6 is 0 Å². The van der Waals surface area contributed by atoms with Crippen LogP contribution in [0.1, 0.15) is 12.8 Å². The summed E-state index contributed by atoms with van der Waals surface area (Å²) in [5.74, 6) is -0.247. The van der Waals surface area contributed by atoms with E-state index in [9.17, 15) is 9.18 Å². The van der Waals surface area contributed by atoms with Crippen molar-refractivity contribution in [1.29, 1.82) is 0 Å². The molecule has 1 heterocycles. The highest BCUT2D eigenvalue weighted by Crippen LogP contribution is 2.14. The Bertz CT molecular complexity index is 344. The van der Waals surface area contributed by atoms with Crippen molar-refractivity contribution in [2.75, 3.05) is 6.54 Å². The minimum Gasteiger partial charge on any atom is -0.425 e. The molecule has 4 heteroatoms. The first-order valence-corrected chi connectivity index (χ1v) is 4.96. The van der Waals surface area contributed by atoms with Crippen molar-refractivity contribution in [2.45, 2.75) is 18.9 Å². The number of rotatable bonds is 2. The lowest BCUT2D eigenvalue weighted by atomic mass is 10.2. The molecule has 0 aromatic heterocycles. The molecular formula is C11H12FNO2. The Hall–Kier alpha value is -1.42. The third-order valence-corrected chi connectivity index (χ3v) is 2.38. The van der Waals surface area contributed by atoms with Gasteiger partial charge in [-0.3, -0.25) is 0 Å². The Kier molecular flexibility index (Phi) is 2.97. The maximum atomic E-state index is 12.6. The molecule has 1 unspecified atom stereocenters. The van der Waals surface area contributed by atoms with Crippen molar-refractivity contribution in [3.05, 3.63) is 30.1 Å². The highest BCUT2D eigenvalue weighted by molar-refractivity contribution is 5.78. The molecule has 1 N–H and O–H groups in total. The topological polar surface area (TPSA) is 38.3 Å². The Labute approximate surface area is 87.2 Å². The number of ether oxygens (including phenoxy) is 1. The number of carbonyl (C=O) groups is 1. The van der Waals surface area contributed by atoms with Gasteiger partial charge in [-0.2, -0.15) is 0 Å². The zero-order chi connectivity index (χ0) is 10.7. The van der Waals surface area contributed by atoms with Crippen LogP contribution in [0.4, 0.5) is 4.39 Å². The molecule has 1 aliphatic rings. The lowest BCUT2D eigenvalue weighted by Gasteiger charge is -2.09. The van der Waals surface area contributed by atoms with Gasteiger partial charge in [0, 0.05) is 0 Å². The summed E-state index contributed by atoms with van der Waals surface area (Å²) in [6.07, 6.45) is 1.79. The van der Waals surface area contributed by atoms with Crippen LogP contribution in [0.5, 0.6) is 5.75 Å². The molecule has 0 amide bonds. The van der Waals surface area contributed by atoms with Crippen LogP contribution in [-0.2, 0) is 4.79 Å². The van der Waals surface area contributed by atoms with Crippen molar-refractivity contribution in [1.82, 2.24) is 5.32 Å². The van der Waals surface area contributed by atoms with Crippen molar-refractivity contribution in [3.63, 3.8) is 0 Å². The van der Waals surface area contributed by atoms with Gasteiger partial charge in [0.1, 0.15) is 17.6 Å². The summed E-state index contributed by atoms with van der Waals surface area (Å²) in [5, 5.41) is 3.04. The first kappa shape index (κ1) is 10.1. The lowest BCUT2D eigenvalue weighted by Crippen LogP contribution is -2.34. The summed E-state index contributed by atoms with van der Waals surface area (Å²) in [6, 6.07) is 5.22. The monoisotopic (exact) mass is 209 g/mol. The average Bonchev–Trinajstić information content (AvgIpc) is 2.74. The fourth-order valence-corrected chi connectivity index (χ4v) is 1.58. The summed E-state index contributed by atoms with van der Waals surface area (Å²) in [7, 11) is 0. The molecule has 0 radical (unpaired) electrons. The first-order chi connectivity index (χ1) is 7.25. The summed E-state index contributed by atoms with van der Waals surface area (Å²) in [6.45, 7) is 0.850. The Balaban J connectivity index is 1.96. The molecule has 1 aromatic carbocycles. The fraction of sp³-hybridized carbons (Fsp3) is 0.364. The van der Waals surface area contributed by atoms with Gasteiger partial charge in [-0.05, 0) is 43.7 Å². The van der Waals surface area contributed by atoms with Crippen molar-refractivity contribution in [3.8, 4) is 5.75 Å². The second kappa shape index (κ2) is 4.40. The fourth-order valence-electron chi connectivity index (χ4n) is 1.58. The maximum absolute atomic E-state index is 12.6. The summed E-state index contributed by atoms with van der Waals surface area (Å²) >= 11 is 0. The molecule has 1 atom stereocenters. The number of hydrogen-bond acceptors (Lipinski definition) is 3. The predicted octanol–water partition coefficient (Wildman–Crippen LogP) is 1.48. The Morgan fingerprint density at radius 3 is 2.73 bits per heavy atom.